The number of nitrogens with two attached hydrogens (primary N) is 2. The average Bonchev–Trinajstić information content (AvgIpc) is 3.27. The molecule has 4 amide bonds. The van der Waals surface area contributed by atoms with Crippen LogP contribution in [0.4, 0.5) is 0 Å². The Kier molecular flexibility index (Phi) is 9.36. The molecule has 4 unspecified atom stereocenters. The van der Waals surface area contributed by atoms with E-state index in [0.717, 1.165) is 0 Å². The number of carbonyl (C=O) groups excluding carboxylic acids is 4. The Labute approximate surface area is 196 Å². The topological polar surface area (TPSA) is 205 Å². The highest BCUT2D eigenvalue weighted by Crippen LogP contribution is 2.20. The summed E-state index contributed by atoms with van der Waals surface area (Å²) in [6.45, 7) is 1.59. The van der Waals surface area contributed by atoms with E-state index in [9.17, 15) is 29.1 Å². The zero-order chi connectivity index (χ0) is 25.4. The van der Waals surface area contributed by atoms with Gasteiger partial charge in [0.2, 0.25) is 23.6 Å². The Balaban J connectivity index is 2.14. The van der Waals surface area contributed by atoms with Crippen LogP contribution in [0.25, 0.3) is 0 Å². The van der Waals surface area contributed by atoms with Gasteiger partial charge < -0.3 is 37.2 Å². The van der Waals surface area contributed by atoms with Crippen molar-refractivity contribution in [1.29, 1.82) is 0 Å². The summed E-state index contributed by atoms with van der Waals surface area (Å²) < 4.78 is 0. The molecule has 1 aliphatic rings. The fraction of sp³-hybridized carbons (Fsp3) is 0.500. The van der Waals surface area contributed by atoms with E-state index >= 15 is 0 Å². The molecule has 1 heterocycles. The van der Waals surface area contributed by atoms with E-state index < -0.39 is 53.8 Å². The van der Waals surface area contributed by atoms with Crippen molar-refractivity contribution < 1.29 is 34.2 Å². The van der Waals surface area contributed by atoms with Crippen LogP contribution in [0, 0.1) is 0 Å². The highest BCUT2D eigenvalue weighted by molar-refractivity contribution is 5.94. The van der Waals surface area contributed by atoms with Crippen molar-refractivity contribution in [3.8, 4) is 5.75 Å². The van der Waals surface area contributed by atoms with Crippen LogP contribution in [0.2, 0.25) is 0 Å². The lowest BCUT2D eigenvalue weighted by Crippen LogP contribution is -2.57. The summed E-state index contributed by atoms with van der Waals surface area (Å²) in [7, 11) is 0. The molecule has 0 aromatic heterocycles. The maximum absolute atomic E-state index is 13.1. The van der Waals surface area contributed by atoms with Crippen LogP contribution in [0.5, 0.6) is 5.75 Å². The molecular weight excluding hydrogens is 446 g/mol. The molecule has 1 aromatic rings. The molecule has 8 N–H and O–H groups in total. The summed E-state index contributed by atoms with van der Waals surface area (Å²) in [6, 6.07) is 1.84. The second-order valence-electron chi connectivity index (χ2n) is 8.30. The predicted molar refractivity (Wildman–Crippen MR) is 120 cm³/mol. The van der Waals surface area contributed by atoms with Crippen LogP contribution in [0.1, 0.15) is 38.2 Å². The molecular formula is C22H31N5O7. The van der Waals surface area contributed by atoms with Gasteiger partial charge in [-0.1, -0.05) is 12.1 Å². The van der Waals surface area contributed by atoms with Gasteiger partial charge in [0.25, 0.3) is 0 Å². The molecule has 0 aliphatic carbocycles. The number of hydrogen-bond donors (Lipinski definition) is 6. The first-order valence-electron chi connectivity index (χ1n) is 11.0. The van der Waals surface area contributed by atoms with Gasteiger partial charge >= 0.3 is 5.97 Å². The van der Waals surface area contributed by atoms with Crippen LogP contribution < -0.4 is 22.1 Å². The molecule has 12 heteroatoms. The van der Waals surface area contributed by atoms with Gasteiger partial charge in [0.1, 0.15) is 23.9 Å². The highest BCUT2D eigenvalue weighted by atomic mass is 16.4. The van der Waals surface area contributed by atoms with E-state index in [4.69, 9.17) is 16.6 Å². The third-order valence-electron chi connectivity index (χ3n) is 5.60. The van der Waals surface area contributed by atoms with Crippen molar-refractivity contribution in [2.45, 2.75) is 63.2 Å². The average molecular weight is 478 g/mol. The maximum atomic E-state index is 13.1. The quantitative estimate of drug-likeness (QED) is 0.223. The van der Waals surface area contributed by atoms with Gasteiger partial charge in [-0.25, -0.2) is 0 Å². The minimum absolute atomic E-state index is 0.0288. The van der Waals surface area contributed by atoms with Gasteiger partial charge in [0.15, 0.2) is 0 Å². The van der Waals surface area contributed by atoms with Crippen molar-refractivity contribution in [1.82, 2.24) is 15.5 Å². The van der Waals surface area contributed by atoms with Gasteiger partial charge in [0.05, 0.1) is 6.04 Å². The van der Waals surface area contributed by atoms with E-state index in [1.807, 2.05) is 0 Å². The first-order chi connectivity index (χ1) is 16.0. The monoisotopic (exact) mass is 477 g/mol. The molecule has 34 heavy (non-hydrogen) atoms. The fourth-order valence-electron chi connectivity index (χ4n) is 3.66. The molecule has 1 aliphatic heterocycles. The third kappa shape index (κ3) is 7.44. The number of carboxylic acids is 1. The standard InChI is InChI=1S/C22H31N5O7/c1-12(22(33)34)25-19(30)16(11-13-4-6-14(28)7-5-13)26-20(31)17-3-2-10-27(17)21(32)15(23)8-9-18(24)29/h4-7,12,15-17,28H,2-3,8-11,23H2,1H3,(H2,24,29)(H,25,30)(H,26,31)(H,33,34). The zero-order valence-corrected chi connectivity index (χ0v) is 18.9. The molecule has 1 fully saturated rings. The van der Waals surface area contributed by atoms with Crippen LogP contribution >= 0.6 is 0 Å². The minimum Gasteiger partial charge on any atom is -0.508 e. The second-order valence-corrected chi connectivity index (χ2v) is 8.30. The smallest absolute Gasteiger partial charge is 0.325 e. The summed E-state index contributed by atoms with van der Waals surface area (Å²) in [5.41, 5.74) is 11.6. The Hall–Kier alpha value is -3.67. The molecule has 1 saturated heterocycles. The fourth-order valence-corrected chi connectivity index (χ4v) is 3.66. The Morgan fingerprint density at radius 1 is 1.15 bits per heavy atom. The molecule has 0 saturated carbocycles. The molecule has 1 aromatic carbocycles. The van der Waals surface area contributed by atoms with E-state index in [1.54, 1.807) is 12.1 Å². The second kappa shape index (κ2) is 12.0. The lowest BCUT2D eigenvalue weighted by atomic mass is 10.0. The first kappa shape index (κ1) is 26.6. The van der Waals surface area contributed by atoms with Crippen LogP contribution in [-0.2, 0) is 30.4 Å². The highest BCUT2D eigenvalue weighted by Gasteiger charge is 2.37. The van der Waals surface area contributed by atoms with Gasteiger partial charge in [0, 0.05) is 19.4 Å². The Bertz CT molecular complexity index is 921. The van der Waals surface area contributed by atoms with Crippen LogP contribution in [0.3, 0.4) is 0 Å². The van der Waals surface area contributed by atoms with E-state index in [0.29, 0.717) is 24.9 Å². The number of phenolic OH excluding ortho intramolecular Hbond substituents is 1. The number of phenols is 1. The van der Waals surface area contributed by atoms with E-state index in [1.165, 1.54) is 24.0 Å². The molecule has 0 bridgehead atoms. The zero-order valence-electron chi connectivity index (χ0n) is 18.9. The summed E-state index contributed by atoms with van der Waals surface area (Å²) in [5, 5.41) is 23.5. The molecule has 0 radical (unpaired) electrons. The van der Waals surface area contributed by atoms with Crippen LogP contribution in [-0.4, -0.2) is 75.4 Å². The van der Waals surface area contributed by atoms with Crippen molar-refractivity contribution in [2.24, 2.45) is 11.5 Å². The molecule has 12 nitrogen and oxygen atoms in total. The lowest BCUT2D eigenvalue weighted by Gasteiger charge is -2.28. The number of carboxylic acid groups (broad SMARTS) is 1. The number of nitrogens with one attached hydrogen (secondary N) is 2. The number of benzene rings is 1. The number of primary amides is 1. The van der Waals surface area contributed by atoms with Gasteiger partial charge in [-0.3, -0.25) is 24.0 Å². The van der Waals surface area contributed by atoms with E-state index in [2.05, 4.69) is 10.6 Å². The van der Waals surface area contributed by atoms with Crippen molar-refractivity contribution in [2.75, 3.05) is 6.54 Å². The number of nitrogens with zero attached hydrogens (tertiary/aromatic N) is 1. The van der Waals surface area contributed by atoms with Crippen molar-refractivity contribution in [3.63, 3.8) is 0 Å². The lowest BCUT2D eigenvalue weighted by molar-refractivity contribution is -0.142. The molecule has 2 rings (SSSR count). The van der Waals surface area contributed by atoms with Gasteiger partial charge in [-0.2, -0.15) is 0 Å². The largest absolute Gasteiger partial charge is 0.508 e. The Morgan fingerprint density at radius 3 is 2.38 bits per heavy atom. The third-order valence-corrected chi connectivity index (χ3v) is 5.60. The van der Waals surface area contributed by atoms with Gasteiger partial charge in [-0.15, -0.1) is 0 Å². The first-order valence-corrected chi connectivity index (χ1v) is 11.0. The molecule has 0 spiro atoms. The van der Waals surface area contributed by atoms with Crippen molar-refractivity contribution in [3.05, 3.63) is 29.8 Å². The number of aliphatic carboxylic acids is 1. The minimum atomic E-state index is -1.24. The summed E-state index contributed by atoms with van der Waals surface area (Å²) in [6.07, 6.45) is 0.936. The predicted octanol–water partition coefficient (Wildman–Crippen LogP) is -1.41. The molecule has 4 atom stereocenters. The number of amides is 4. The number of carbonyl (C=O) groups is 5. The number of aromatic hydroxyl groups is 1. The summed E-state index contributed by atoms with van der Waals surface area (Å²) in [4.78, 5) is 62.0. The SMILES string of the molecule is CC(NC(=O)C(Cc1ccc(O)cc1)NC(=O)C1CCCN1C(=O)C(N)CCC(N)=O)C(=O)O. The van der Waals surface area contributed by atoms with E-state index in [-0.39, 0.29) is 25.0 Å². The van der Waals surface area contributed by atoms with Gasteiger partial charge in [-0.05, 0) is 43.9 Å². The van der Waals surface area contributed by atoms with Crippen LogP contribution in [0.15, 0.2) is 24.3 Å². The summed E-state index contributed by atoms with van der Waals surface area (Å²) >= 11 is 0. The number of likely N-dealkylation sites (tertiary alicyclic amines) is 1. The Morgan fingerprint density at radius 2 is 1.79 bits per heavy atom. The number of hydrogen-bond acceptors (Lipinski definition) is 7. The maximum Gasteiger partial charge on any atom is 0.325 e. The molecule has 186 valence electrons. The number of rotatable bonds is 11. The normalized spacial score (nSPS) is 17.9. The summed E-state index contributed by atoms with van der Waals surface area (Å²) in [5.74, 6) is -3.56. The van der Waals surface area contributed by atoms with Crippen molar-refractivity contribution >= 4 is 29.6 Å².